The van der Waals surface area contributed by atoms with Gasteiger partial charge >= 0.3 is 0 Å². The summed E-state index contributed by atoms with van der Waals surface area (Å²) in [6.07, 6.45) is 0.980. The van der Waals surface area contributed by atoms with E-state index in [4.69, 9.17) is 16.4 Å². The van der Waals surface area contributed by atoms with Crippen molar-refractivity contribution < 1.29 is 9.59 Å². The third-order valence-corrected chi connectivity index (χ3v) is 3.69. The van der Waals surface area contributed by atoms with E-state index in [0.717, 1.165) is 5.56 Å². The number of nitriles is 1. The van der Waals surface area contributed by atoms with Gasteiger partial charge in [-0.25, -0.2) is 0 Å². The first-order valence-corrected chi connectivity index (χ1v) is 6.87. The molecular formula is C15H17N5O2. The van der Waals surface area contributed by atoms with Crippen LogP contribution in [0.2, 0.25) is 0 Å². The average molecular weight is 299 g/mol. The minimum atomic E-state index is -0.585. The number of amides is 2. The SMILES string of the molecule is N#CC1CC(C(=O)NCc2ccc(C(=N)N)cc2)N(C=O)C1. The van der Waals surface area contributed by atoms with Crippen LogP contribution in [0, 0.1) is 22.7 Å². The molecule has 0 saturated carbocycles. The monoisotopic (exact) mass is 299 g/mol. The second-order valence-electron chi connectivity index (χ2n) is 5.21. The number of amidine groups is 1. The van der Waals surface area contributed by atoms with Crippen LogP contribution in [0.4, 0.5) is 0 Å². The van der Waals surface area contributed by atoms with Gasteiger partial charge in [0.1, 0.15) is 11.9 Å². The highest BCUT2D eigenvalue weighted by molar-refractivity contribution is 5.94. The lowest BCUT2D eigenvalue weighted by Gasteiger charge is -2.18. The van der Waals surface area contributed by atoms with Crippen molar-refractivity contribution in [3.63, 3.8) is 0 Å². The average Bonchev–Trinajstić information content (AvgIpc) is 2.96. The van der Waals surface area contributed by atoms with Crippen LogP contribution in [0.25, 0.3) is 0 Å². The van der Waals surface area contributed by atoms with Gasteiger partial charge in [-0.2, -0.15) is 5.26 Å². The smallest absolute Gasteiger partial charge is 0.243 e. The van der Waals surface area contributed by atoms with Gasteiger partial charge in [0.2, 0.25) is 12.3 Å². The van der Waals surface area contributed by atoms with E-state index >= 15 is 0 Å². The molecule has 2 unspecified atom stereocenters. The largest absolute Gasteiger partial charge is 0.384 e. The van der Waals surface area contributed by atoms with Gasteiger partial charge in [0.15, 0.2) is 0 Å². The fraction of sp³-hybridized carbons (Fsp3) is 0.333. The minimum Gasteiger partial charge on any atom is -0.384 e. The van der Waals surface area contributed by atoms with E-state index in [1.165, 1.54) is 4.90 Å². The molecule has 2 atom stereocenters. The number of benzene rings is 1. The molecular weight excluding hydrogens is 282 g/mol. The van der Waals surface area contributed by atoms with Gasteiger partial charge in [0, 0.05) is 18.7 Å². The van der Waals surface area contributed by atoms with Crippen molar-refractivity contribution in [1.82, 2.24) is 10.2 Å². The Balaban J connectivity index is 1.93. The Labute approximate surface area is 128 Å². The number of nitrogen functional groups attached to an aromatic ring is 1. The van der Waals surface area contributed by atoms with Gasteiger partial charge in [-0.3, -0.25) is 15.0 Å². The number of hydrogen-bond acceptors (Lipinski definition) is 4. The van der Waals surface area contributed by atoms with Crippen LogP contribution in [0.1, 0.15) is 17.5 Å². The molecule has 1 heterocycles. The molecule has 114 valence electrons. The zero-order valence-corrected chi connectivity index (χ0v) is 12.0. The second kappa shape index (κ2) is 6.72. The van der Waals surface area contributed by atoms with Crippen molar-refractivity contribution in [1.29, 1.82) is 10.7 Å². The van der Waals surface area contributed by atoms with Crippen molar-refractivity contribution in [2.45, 2.75) is 19.0 Å². The molecule has 7 heteroatoms. The summed E-state index contributed by atoms with van der Waals surface area (Å²) >= 11 is 0. The van der Waals surface area contributed by atoms with E-state index in [-0.39, 0.29) is 17.7 Å². The first-order chi connectivity index (χ1) is 10.5. The van der Waals surface area contributed by atoms with E-state index in [1.807, 2.05) is 0 Å². The number of hydrogen-bond donors (Lipinski definition) is 3. The summed E-state index contributed by atoms with van der Waals surface area (Å²) in [6, 6.07) is 8.49. The Bertz CT molecular complexity index is 620. The van der Waals surface area contributed by atoms with Gasteiger partial charge in [-0.1, -0.05) is 24.3 Å². The van der Waals surface area contributed by atoms with E-state index in [2.05, 4.69) is 11.4 Å². The molecule has 0 radical (unpaired) electrons. The highest BCUT2D eigenvalue weighted by atomic mass is 16.2. The molecule has 4 N–H and O–H groups in total. The Morgan fingerprint density at radius 3 is 2.73 bits per heavy atom. The Morgan fingerprint density at radius 1 is 1.50 bits per heavy atom. The number of carbonyl (C=O) groups excluding carboxylic acids is 2. The maximum Gasteiger partial charge on any atom is 0.243 e. The van der Waals surface area contributed by atoms with Gasteiger partial charge < -0.3 is 16.0 Å². The normalized spacial score (nSPS) is 20.2. The van der Waals surface area contributed by atoms with E-state index < -0.39 is 6.04 Å². The Morgan fingerprint density at radius 2 is 2.18 bits per heavy atom. The molecule has 1 aliphatic heterocycles. The lowest BCUT2D eigenvalue weighted by atomic mass is 10.1. The summed E-state index contributed by atoms with van der Waals surface area (Å²) in [5.41, 5.74) is 6.86. The van der Waals surface area contributed by atoms with Gasteiger partial charge in [-0.05, 0) is 12.0 Å². The molecule has 1 aromatic carbocycles. The van der Waals surface area contributed by atoms with Crippen LogP contribution in [0.3, 0.4) is 0 Å². The molecule has 2 rings (SSSR count). The summed E-state index contributed by atoms with van der Waals surface area (Å²) in [4.78, 5) is 24.5. The maximum absolute atomic E-state index is 12.1. The quantitative estimate of drug-likeness (QED) is 0.401. The highest BCUT2D eigenvalue weighted by Crippen LogP contribution is 2.21. The first-order valence-electron chi connectivity index (χ1n) is 6.87. The molecule has 0 bridgehead atoms. The third-order valence-electron chi connectivity index (χ3n) is 3.69. The zero-order chi connectivity index (χ0) is 16.1. The van der Waals surface area contributed by atoms with Crippen LogP contribution in [0.5, 0.6) is 0 Å². The van der Waals surface area contributed by atoms with Crippen LogP contribution in [-0.2, 0) is 16.1 Å². The van der Waals surface area contributed by atoms with Crippen LogP contribution in [0.15, 0.2) is 24.3 Å². The van der Waals surface area contributed by atoms with Crippen molar-refractivity contribution in [2.24, 2.45) is 11.7 Å². The van der Waals surface area contributed by atoms with Crippen molar-refractivity contribution in [2.75, 3.05) is 6.54 Å². The van der Waals surface area contributed by atoms with E-state index in [9.17, 15) is 9.59 Å². The maximum atomic E-state index is 12.1. The lowest BCUT2D eigenvalue weighted by molar-refractivity contribution is -0.131. The minimum absolute atomic E-state index is 0.00860. The van der Waals surface area contributed by atoms with E-state index in [1.54, 1.807) is 24.3 Å². The number of nitrogens with zero attached hydrogens (tertiary/aromatic N) is 2. The third kappa shape index (κ3) is 3.41. The van der Waals surface area contributed by atoms with Crippen LogP contribution < -0.4 is 11.1 Å². The molecule has 0 spiro atoms. The first kappa shape index (κ1) is 15.5. The van der Waals surface area contributed by atoms with Crippen molar-refractivity contribution >= 4 is 18.2 Å². The molecule has 1 aliphatic rings. The number of likely N-dealkylation sites (tertiary alicyclic amines) is 1. The van der Waals surface area contributed by atoms with Crippen LogP contribution in [-0.4, -0.2) is 35.6 Å². The number of nitrogens with one attached hydrogen (secondary N) is 2. The molecule has 7 nitrogen and oxygen atoms in total. The predicted octanol–water partition coefficient (Wildman–Crippen LogP) is -0.0426. The highest BCUT2D eigenvalue weighted by Gasteiger charge is 2.35. The Hall–Kier alpha value is -2.88. The molecule has 22 heavy (non-hydrogen) atoms. The lowest BCUT2D eigenvalue weighted by Crippen LogP contribution is -2.42. The molecule has 2 amide bonds. The summed E-state index contributed by atoms with van der Waals surface area (Å²) in [7, 11) is 0. The van der Waals surface area contributed by atoms with Gasteiger partial charge in [0.05, 0.1) is 12.0 Å². The molecule has 1 fully saturated rings. The van der Waals surface area contributed by atoms with Crippen LogP contribution >= 0.6 is 0 Å². The van der Waals surface area contributed by atoms with E-state index in [0.29, 0.717) is 31.5 Å². The summed E-state index contributed by atoms with van der Waals surface area (Å²) in [6.45, 7) is 0.614. The fourth-order valence-electron chi connectivity index (χ4n) is 2.44. The number of nitrogens with two attached hydrogens (primary N) is 1. The topological polar surface area (TPSA) is 123 Å². The van der Waals surface area contributed by atoms with Gasteiger partial charge in [-0.15, -0.1) is 0 Å². The van der Waals surface area contributed by atoms with Crippen molar-refractivity contribution in [3.8, 4) is 6.07 Å². The molecule has 0 aromatic heterocycles. The molecule has 1 saturated heterocycles. The number of rotatable bonds is 5. The number of carbonyl (C=O) groups is 2. The molecule has 1 aromatic rings. The standard InChI is InChI=1S/C15H17N5O2/c16-6-11-5-13(20(8-11)9-21)15(22)19-7-10-1-3-12(4-2-10)14(17)18/h1-4,9,11,13H,5,7-8H2,(H3,17,18)(H,19,22). The van der Waals surface area contributed by atoms with Crippen molar-refractivity contribution in [3.05, 3.63) is 35.4 Å². The second-order valence-corrected chi connectivity index (χ2v) is 5.21. The summed E-state index contributed by atoms with van der Waals surface area (Å²) in [5.74, 6) is -0.568. The Kier molecular flexibility index (Phi) is 4.73. The molecule has 0 aliphatic carbocycles. The predicted molar refractivity (Wildman–Crippen MR) is 79.6 cm³/mol. The fourth-order valence-corrected chi connectivity index (χ4v) is 2.44. The van der Waals surface area contributed by atoms with Gasteiger partial charge in [0.25, 0.3) is 0 Å². The zero-order valence-electron chi connectivity index (χ0n) is 12.0. The summed E-state index contributed by atoms with van der Waals surface area (Å²) < 4.78 is 0. The summed E-state index contributed by atoms with van der Waals surface area (Å²) in [5, 5.41) is 19.0.